The smallest absolute Gasteiger partial charge is 0.318 e. The molecule has 0 saturated heterocycles. The highest BCUT2D eigenvalue weighted by Crippen LogP contribution is 2.16. The van der Waals surface area contributed by atoms with E-state index in [0.29, 0.717) is 38.9 Å². The van der Waals surface area contributed by atoms with Crippen LogP contribution in [0, 0.1) is 0 Å². The molecule has 0 rings (SSSR count). The van der Waals surface area contributed by atoms with Crippen LogP contribution >= 0.6 is 0 Å². The van der Waals surface area contributed by atoms with E-state index in [9.17, 15) is 18.0 Å². The number of Topliss-reactive ketones (excluding diaryl/α,β-unsaturated/α-hetero) is 1. The van der Waals surface area contributed by atoms with Crippen molar-refractivity contribution in [3.63, 3.8) is 0 Å². The Hall–Kier alpha value is -0.620. The van der Waals surface area contributed by atoms with E-state index in [4.69, 9.17) is 0 Å². The molecule has 0 unspecified atom stereocenters. The maximum atomic E-state index is 12.3. The molecule has 0 bridgehead atoms. The van der Waals surface area contributed by atoms with Crippen LogP contribution in [0.3, 0.4) is 0 Å². The summed E-state index contributed by atoms with van der Waals surface area (Å²) in [6, 6.07) is 0. The van der Waals surface area contributed by atoms with Gasteiger partial charge in [0.05, 0.1) is 6.54 Å². The van der Waals surface area contributed by atoms with Crippen molar-refractivity contribution in [2.75, 3.05) is 33.2 Å². The van der Waals surface area contributed by atoms with Crippen molar-refractivity contribution in [3.05, 3.63) is 0 Å². The largest absolute Gasteiger partial charge is 0.401 e. The third-order valence-corrected chi connectivity index (χ3v) is 2.33. The fourth-order valence-corrected chi connectivity index (χ4v) is 1.50. The molecular weight excluding hydrogens is 233 g/mol. The van der Waals surface area contributed by atoms with Gasteiger partial charge in [0.2, 0.25) is 0 Å². The van der Waals surface area contributed by atoms with Crippen LogP contribution in [0.4, 0.5) is 13.2 Å². The van der Waals surface area contributed by atoms with Crippen LogP contribution in [0.5, 0.6) is 0 Å². The fraction of sp³-hybridized carbons (Fsp3) is 0.909. The minimum atomic E-state index is -4.16. The van der Waals surface area contributed by atoms with Gasteiger partial charge in [0, 0.05) is 19.5 Å². The molecule has 0 aliphatic heterocycles. The second kappa shape index (κ2) is 8.47. The molecule has 3 nitrogen and oxygen atoms in total. The Morgan fingerprint density at radius 1 is 1.24 bits per heavy atom. The SMILES string of the molecule is CNCCN(CCCCC(C)=O)CC(F)(F)F. The summed E-state index contributed by atoms with van der Waals surface area (Å²) in [6.07, 6.45) is -2.43. The second-order valence-electron chi connectivity index (χ2n) is 4.15. The van der Waals surface area contributed by atoms with E-state index >= 15 is 0 Å². The van der Waals surface area contributed by atoms with Crippen LogP contribution in [0.25, 0.3) is 0 Å². The molecule has 0 aliphatic carbocycles. The molecule has 0 radical (unpaired) electrons. The number of nitrogens with zero attached hydrogens (tertiary/aromatic N) is 1. The summed E-state index contributed by atoms with van der Waals surface area (Å²) in [4.78, 5) is 12.1. The highest BCUT2D eigenvalue weighted by molar-refractivity contribution is 5.75. The molecule has 17 heavy (non-hydrogen) atoms. The van der Waals surface area contributed by atoms with E-state index in [1.54, 1.807) is 7.05 Å². The summed E-state index contributed by atoms with van der Waals surface area (Å²) in [7, 11) is 1.71. The summed E-state index contributed by atoms with van der Waals surface area (Å²) < 4.78 is 36.8. The number of likely N-dealkylation sites (N-methyl/N-ethyl adjacent to an activating group) is 1. The zero-order chi connectivity index (χ0) is 13.3. The number of halogens is 3. The van der Waals surface area contributed by atoms with Crippen molar-refractivity contribution < 1.29 is 18.0 Å². The number of alkyl halides is 3. The first-order chi connectivity index (χ1) is 7.85. The number of ketones is 1. The Morgan fingerprint density at radius 2 is 1.88 bits per heavy atom. The summed E-state index contributed by atoms with van der Waals surface area (Å²) in [5, 5.41) is 2.83. The second-order valence-corrected chi connectivity index (χ2v) is 4.15. The predicted molar refractivity (Wildman–Crippen MR) is 61.0 cm³/mol. The van der Waals surface area contributed by atoms with Crippen LogP contribution in [0.1, 0.15) is 26.2 Å². The molecule has 0 aromatic heterocycles. The normalized spacial score (nSPS) is 12.1. The summed E-state index contributed by atoms with van der Waals surface area (Å²) >= 11 is 0. The fourth-order valence-electron chi connectivity index (χ4n) is 1.50. The van der Waals surface area contributed by atoms with Gasteiger partial charge in [-0.15, -0.1) is 0 Å². The number of carbonyl (C=O) groups is 1. The number of hydrogen-bond acceptors (Lipinski definition) is 3. The molecule has 0 aromatic rings. The van der Waals surface area contributed by atoms with Crippen LogP contribution in [0.2, 0.25) is 0 Å². The molecule has 1 N–H and O–H groups in total. The van der Waals surface area contributed by atoms with Crippen molar-refractivity contribution >= 4 is 5.78 Å². The van der Waals surface area contributed by atoms with Crippen LogP contribution in [0.15, 0.2) is 0 Å². The third-order valence-electron chi connectivity index (χ3n) is 2.33. The predicted octanol–water partition coefficient (Wildman–Crippen LogP) is 1.83. The zero-order valence-electron chi connectivity index (χ0n) is 10.4. The molecule has 0 saturated carbocycles. The lowest BCUT2D eigenvalue weighted by Crippen LogP contribution is -2.38. The van der Waals surface area contributed by atoms with Gasteiger partial charge in [-0.25, -0.2) is 0 Å². The number of rotatable bonds is 9. The Balaban J connectivity index is 3.88. The molecule has 0 atom stereocenters. The van der Waals surface area contributed by atoms with E-state index < -0.39 is 12.7 Å². The first-order valence-electron chi connectivity index (χ1n) is 5.78. The molecule has 6 heteroatoms. The molecule has 0 fully saturated rings. The highest BCUT2D eigenvalue weighted by atomic mass is 19.4. The minimum absolute atomic E-state index is 0.0857. The molecular formula is C11H21F3N2O. The first-order valence-corrected chi connectivity index (χ1v) is 5.78. The molecule has 102 valence electrons. The van der Waals surface area contributed by atoms with Gasteiger partial charge < -0.3 is 10.1 Å². The Morgan fingerprint density at radius 3 is 2.35 bits per heavy atom. The van der Waals surface area contributed by atoms with Gasteiger partial charge in [0.15, 0.2) is 0 Å². The van der Waals surface area contributed by atoms with Crippen molar-refractivity contribution in [2.24, 2.45) is 0 Å². The molecule has 0 aliphatic rings. The topological polar surface area (TPSA) is 32.3 Å². The summed E-state index contributed by atoms with van der Waals surface area (Å²) in [5.41, 5.74) is 0. The molecule has 0 amide bonds. The van der Waals surface area contributed by atoms with Crippen molar-refractivity contribution in [2.45, 2.75) is 32.4 Å². The Bertz CT molecular complexity index is 219. The van der Waals surface area contributed by atoms with E-state index in [1.165, 1.54) is 11.8 Å². The van der Waals surface area contributed by atoms with Gasteiger partial charge >= 0.3 is 6.18 Å². The van der Waals surface area contributed by atoms with Crippen LogP contribution in [-0.4, -0.2) is 50.1 Å². The van der Waals surface area contributed by atoms with Crippen molar-refractivity contribution in [1.82, 2.24) is 10.2 Å². The average Bonchev–Trinajstić information content (AvgIpc) is 2.18. The van der Waals surface area contributed by atoms with E-state index in [2.05, 4.69) is 5.32 Å². The number of hydrogen-bond donors (Lipinski definition) is 1. The zero-order valence-corrected chi connectivity index (χ0v) is 10.4. The number of carbonyl (C=O) groups excluding carboxylic acids is 1. The van der Waals surface area contributed by atoms with Crippen molar-refractivity contribution in [1.29, 1.82) is 0 Å². The quantitative estimate of drug-likeness (QED) is 0.637. The lowest BCUT2D eigenvalue weighted by molar-refractivity contribution is -0.146. The lowest BCUT2D eigenvalue weighted by Gasteiger charge is -2.23. The van der Waals surface area contributed by atoms with Crippen LogP contribution < -0.4 is 5.32 Å². The first kappa shape index (κ1) is 16.4. The number of unbranched alkanes of at least 4 members (excludes halogenated alkanes) is 1. The monoisotopic (exact) mass is 254 g/mol. The molecule has 0 heterocycles. The van der Waals surface area contributed by atoms with Gasteiger partial charge in [0.25, 0.3) is 0 Å². The minimum Gasteiger partial charge on any atom is -0.318 e. The van der Waals surface area contributed by atoms with E-state index in [1.807, 2.05) is 0 Å². The van der Waals surface area contributed by atoms with Crippen molar-refractivity contribution in [3.8, 4) is 0 Å². The molecule has 0 spiro atoms. The van der Waals surface area contributed by atoms with Gasteiger partial charge in [-0.3, -0.25) is 4.90 Å². The molecule has 0 aromatic carbocycles. The average molecular weight is 254 g/mol. The van der Waals surface area contributed by atoms with Gasteiger partial charge in [0.1, 0.15) is 5.78 Å². The van der Waals surface area contributed by atoms with Gasteiger partial charge in [-0.2, -0.15) is 13.2 Å². The highest BCUT2D eigenvalue weighted by Gasteiger charge is 2.30. The summed E-state index contributed by atoms with van der Waals surface area (Å²) in [6.45, 7) is 1.90. The third kappa shape index (κ3) is 11.6. The van der Waals surface area contributed by atoms with E-state index in [-0.39, 0.29) is 5.78 Å². The maximum absolute atomic E-state index is 12.3. The van der Waals surface area contributed by atoms with E-state index in [0.717, 1.165) is 0 Å². The maximum Gasteiger partial charge on any atom is 0.401 e. The van der Waals surface area contributed by atoms with Gasteiger partial charge in [-0.1, -0.05) is 0 Å². The Labute approximate surface area is 100 Å². The van der Waals surface area contributed by atoms with Crippen LogP contribution in [-0.2, 0) is 4.79 Å². The van der Waals surface area contributed by atoms with Gasteiger partial charge in [-0.05, 0) is 33.4 Å². The number of nitrogens with one attached hydrogen (secondary N) is 1. The Kier molecular flexibility index (Phi) is 8.16. The summed E-state index contributed by atoms with van der Waals surface area (Å²) in [5.74, 6) is 0.0857. The lowest BCUT2D eigenvalue weighted by atomic mass is 10.2. The standard InChI is InChI=1S/C11H21F3N2O/c1-10(17)5-3-4-7-16(8-6-15-2)9-11(12,13)14/h15H,3-9H2,1-2H3.